The second-order valence-corrected chi connectivity index (χ2v) is 4.82. The smallest absolute Gasteiger partial charge is 0.128 e. The molecule has 2 unspecified atom stereocenters. The lowest BCUT2D eigenvalue weighted by molar-refractivity contribution is 0.154. The average Bonchev–Trinajstić information content (AvgIpc) is 2.78. The van der Waals surface area contributed by atoms with E-state index in [4.69, 9.17) is 10.5 Å². The summed E-state index contributed by atoms with van der Waals surface area (Å²) in [5, 5.41) is 0. The molecule has 0 bridgehead atoms. The summed E-state index contributed by atoms with van der Waals surface area (Å²) in [6, 6.07) is 3.52. The Labute approximate surface area is 108 Å². The number of benzene rings is 1. The van der Waals surface area contributed by atoms with E-state index in [9.17, 15) is 4.39 Å². The van der Waals surface area contributed by atoms with Crippen LogP contribution in [0.5, 0.6) is 5.75 Å². The van der Waals surface area contributed by atoms with Crippen LogP contribution in [-0.4, -0.2) is 24.6 Å². The molecule has 3 nitrogen and oxygen atoms in total. The first-order chi connectivity index (χ1) is 8.63. The molecule has 0 amide bonds. The van der Waals surface area contributed by atoms with E-state index in [1.54, 1.807) is 13.2 Å². The summed E-state index contributed by atoms with van der Waals surface area (Å²) in [6.45, 7) is 5.43. The highest BCUT2D eigenvalue weighted by Gasteiger charge is 2.35. The van der Waals surface area contributed by atoms with Crippen molar-refractivity contribution in [1.82, 2.24) is 4.90 Å². The van der Waals surface area contributed by atoms with Gasteiger partial charge in [-0.15, -0.1) is 0 Å². The maximum absolute atomic E-state index is 14.0. The van der Waals surface area contributed by atoms with Crippen molar-refractivity contribution < 1.29 is 9.13 Å². The Bertz CT molecular complexity index is 436. The fourth-order valence-electron chi connectivity index (χ4n) is 2.74. The van der Waals surface area contributed by atoms with Crippen LogP contribution in [0.25, 0.3) is 0 Å². The summed E-state index contributed by atoms with van der Waals surface area (Å²) in [6.07, 6.45) is 1.02. The van der Waals surface area contributed by atoms with Crippen LogP contribution >= 0.6 is 0 Å². The molecule has 0 radical (unpaired) electrons. The van der Waals surface area contributed by atoms with Gasteiger partial charge in [-0.1, -0.05) is 6.92 Å². The Morgan fingerprint density at radius 2 is 2.28 bits per heavy atom. The van der Waals surface area contributed by atoms with Gasteiger partial charge in [-0.2, -0.15) is 0 Å². The van der Waals surface area contributed by atoms with Gasteiger partial charge < -0.3 is 10.5 Å². The van der Waals surface area contributed by atoms with E-state index in [-0.39, 0.29) is 11.9 Å². The molecular weight excluding hydrogens is 231 g/mol. The predicted octanol–water partition coefficient (Wildman–Crippen LogP) is 2.45. The predicted molar refractivity (Wildman–Crippen MR) is 70.0 cm³/mol. The topological polar surface area (TPSA) is 38.5 Å². The van der Waals surface area contributed by atoms with E-state index in [1.165, 1.54) is 6.07 Å². The van der Waals surface area contributed by atoms with Crippen molar-refractivity contribution in [3.05, 3.63) is 29.1 Å². The lowest BCUT2D eigenvalue weighted by Gasteiger charge is -2.29. The third-order valence-corrected chi connectivity index (χ3v) is 3.94. The first-order valence-electron chi connectivity index (χ1n) is 6.45. The van der Waals surface area contributed by atoms with Crippen LogP contribution in [-0.2, 0) is 6.54 Å². The molecule has 2 atom stereocenters. The second-order valence-electron chi connectivity index (χ2n) is 4.82. The Morgan fingerprint density at radius 1 is 1.56 bits per heavy atom. The summed E-state index contributed by atoms with van der Waals surface area (Å²) < 4.78 is 19.4. The van der Waals surface area contributed by atoms with Gasteiger partial charge in [0.25, 0.3) is 0 Å². The molecule has 1 aliphatic heterocycles. The minimum atomic E-state index is -0.174. The minimum absolute atomic E-state index is 0.0370. The molecule has 0 spiro atoms. The van der Waals surface area contributed by atoms with Gasteiger partial charge in [0.1, 0.15) is 11.6 Å². The van der Waals surface area contributed by atoms with E-state index >= 15 is 0 Å². The third-order valence-electron chi connectivity index (χ3n) is 3.94. The Morgan fingerprint density at radius 3 is 2.83 bits per heavy atom. The van der Waals surface area contributed by atoms with Crippen molar-refractivity contribution in [3.63, 3.8) is 0 Å². The van der Waals surface area contributed by atoms with Gasteiger partial charge in [-0.3, -0.25) is 4.90 Å². The fourth-order valence-corrected chi connectivity index (χ4v) is 2.74. The summed E-state index contributed by atoms with van der Waals surface area (Å²) in [7, 11) is 1.62. The first kappa shape index (κ1) is 13.3. The molecule has 2 N–H and O–H groups in total. The Balaban J connectivity index is 2.46. The molecule has 1 heterocycles. The second kappa shape index (κ2) is 5.24. The van der Waals surface area contributed by atoms with Gasteiger partial charge in [-0.05, 0) is 25.5 Å². The van der Waals surface area contributed by atoms with Gasteiger partial charge in [0.2, 0.25) is 0 Å². The molecule has 1 aromatic carbocycles. The maximum Gasteiger partial charge on any atom is 0.128 e. The van der Waals surface area contributed by atoms with Gasteiger partial charge >= 0.3 is 0 Å². The highest BCUT2D eigenvalue weighted by Crippen LogP contribution is 2.41. The van der Waals surface area contributed by atoms with Crippen LogP contribution in [0.3, 0.4) is 0 Å². The number of ether oxygens (including phenoxy) is 1. The molecule has 0 saturated carbocycles. The SMILES string of the molecule is CCC(C)N1Cc2c(OC)ccc(F)c2C1CN. The zero-order chi connectivity index (χ0) is 13.3. The van der Waals surface area contributed by atoms with E-state index in [0.29, 0.717) is 19.1 Å². The summed E-state index contributed by atoms with van der Waals surface area (Å²) in [4.78, 5) is 2.26. The van der Waals surface area contributed by atoms with Crippen LogP contribution in [0.15, 0.2) is 12.1 Å². The number of fused-ring (bicyclic) bond motifs is 1. The highest BCUT2D eigenvalue weighted by atomic mass is 19.1. The summed E-state index contributed by atoms with van der Waals surface area (Å²) in [5.41, 5.74) is 7.51. The molecule has 4 heteroatoms. The molecule has 0 saturated heterocycles. The highest BCUT2D eigenvalue weighted by molar-refractivity contribution is 5.46. The maximum atomic E-state index is 14.0. The van der Waals surface area contributed by atoms with Crippen LogP contribution in [0.4, 0.5) is 4.39 Å². The molecular formula is C14H21FN2O. The van der Waals surface area contributed by atoms with E-state index in [2.05, 4.69) is 18.7 Å². The van der Waals surface area contributed by atoms with E-state index < -0.39 is 0 Å². The van der Waals surface area contributed by atoms with Crippen molar-refractivity contribution in [3.8, 4) is 5.75 Å². The number of methoxy groups -OCH3 is 1. The molecule has 2 rings (SSSR count). The zero-order valence-electron chi connectivity index (χ0n) is 11.2. The van der Waals surface area contributed by atoms with Crippen molar-refractivity contribution in [2.75, 3.05) is 13.7 Å². The van der Waals surface area contributed by atoms with E-state index in [1.807, 2.05) is 0 Å². The molecule has 100 valence electrons. The van der Waals surface area contributed by atoms with Crippen LogP contribution in [0.1, 0.15) is 37.4 Å². The first-order valence-corrected chi connectivity index (χ1v) is 6.45. The monoisotopic (exact) mass is 252 g/mol. The number of hydrogen-bond donors (Lipinski definition) is 1. The number of nitrogens with zero attached hydrogens (tertiary/aromatic N) is 1. The number of rotatable bonds is 4. The van der Waals surface area contributed by atoms with Gasteiger partial charge in [0.05, 0.1) is 13.2 Å². The normalized spacial score (nSPS) is 20.8. The third kappa shape index (κ3) is 1.99. The Kier molecular flexibility index (Phi) is 3.88. The molecule has 0 fully saturated rings. The van der Waals surface area contributed by atoms with Gasteiger partial charge in [-0.25, -0.2) is 4.39 Å². The van der Waals surface area contributed by atoms with E-state index in [0.717, 1.165) is 23.3 Å². The van der Waals surface area contributed by atoms with Crippen molar-refractivity contribution >= 4 is 0 Å². The van der Waals surface area contributed by atoms with Crippen LogP contribution in [0, 0.1) is 5.82 Å². The van der Waals surface area contributed by atoms with Crippen molar-refractivity contribution in [2.45, 2.75) is 38.9 Å². The number of hydrogen-bond acceptors (Lipinski definition) is 3. The molecule has 18 heavy (non-hydrogen) atoms. The molecule has 1 aliphatic rings. The van der Waals surface area contributed by atoms with Gasteiger partial charge in [0.15, 0.2) is 0 Å². The van der Waals surface area contributed by atoms with Gasteiger partial charge in [0, 0.05) is 30.3 Å². The Hall–Kier alpha value is -1.13. The largest absolute Gasteiger partial charge is 0.496 e. The van der Waals surface area contributed by atoms with Crippen LogP contribution in [0.2, 0.25) is 0 Å². The lowest BCUT2D eigenvalue weighted by atomic mass is 10.0. The number of nitrogens with two attached hydrogens (primary N) is 1. The average molecular weight is 252 g/mol. The summed E-state index contributed by atoms with van der Waals surface area (Å²) >= 11 is 0. The molecule has 0 aromatic heterocycles. The zero-order valence-corrected chi connectivity index (χ0v) is 11.2. The lowest BCUT2D eigenvalue weighted by Crippen LogP contribution is -2.35. The van der Waals surface area contributed by atoms with Crippen molar-refractivity contribution in [1.29, 1.82) is 0 Å². The van der Waals surface area contributed by atoms with Crippen molar-refractivity contribution in [2.24, 2.45) is 5.73 Å². The fraction of sp³-hybridized carbons (Fsp3) is 0.571. The molecule has 0 aliphatic carbocycles. The van der Waals surface area contributed by atoms with Crippen LogP contribution < -0.4 is 10.5 Å². The summed E-state index contributed by atoms with van der Waals surface area (Å²) in [5.74, 6) is 0.586. The molecule has 1 aromatic rings. The number of halogens is 1. The minimum Gasteiger partial charge on any atom is -0.496 e. The quantitative estimate of drug-likeness (QED) is 0.894. The standard InChI is InChI=1S/C14H21FN2O/c1-4-9(2)17-8-10-13(18-3)6-5-11(15)14(10)12(17)7-16/h5-6,9,12H,4,7-8,16H2,1-3H3.